The van der Waals surface area contributed by atoms with Gasteiger partial charge in [0, 0.05) is 39.2 Å². The van der Waals surface area contributed by atoms with Crippen LogP contribution in [-0.2, 0) is 21.7 Å². The SMILES string of the molecule is N=S(=O)(CCN)Cc1cc(-c2nc(N)nc(-c3ccc(F)cc3F)c2F)cc(C(F)(F)F)c1. The molecule has 1 heterocycles. The van der Waals surface area contributed by atoms with Gasteiger partial charge >= 0.3 is 6.18 Å². The van der Waals surface area contributed by atoms with Crippen molar-refractivity contribution in [3.8, 4) is 22.5 Å². The number of hydrogen-bond acceptors (Lipinski definition) is 6. The lowest BCUT2D eigenvalue weighted by atomic mass is 10.0. The Kier molecular flexibility index (Phi) is 6.65. The number of alkyl halides is 3. The van der Waals surface area contributed by atoms with Gasteiger partial charge in [0.05, 0.1) is 11.3 Å². The number of rotatable bonds is 6. The van der Waals surface area contributed by atoms with Crippen LogP contribution in [0.25, 0.3) is 22.5 Å². The summed E-state index contributed by atoms with van der Waals surface area (Å²) in [5.74, 6) is -4.79. The summed E-state index contributed by atoms with van der Waals surface area (Å²) in [5, 5.41) is 0. The first-order valence-corrected chi connectivity index (χ1v) is 11.1. The molecule has 1 aromatic heterocycles. The van der Waals surface area contributed by atoms with Crippen LogP contribution in [0.3, 0.4) is 0 Å². The highest BCUT2D eigenvalue weighted by Gasteiger charge is 2.32. The zero-order valence-corrected chi connectivity index (χ0v) is 17.5. The van der Waals surface area contributed by atoms with Gasteiger partial charge in [0.2, 0.25) is 5.95 Å². The van der Waals surface area contributed by atoms with Crippen LogP contribution in [-0.4, -0.2) is 26.5 Å². The van der Waals surface area contributed by atoms with Crippen molar-refractivity contribution < 1.29 is 30.6 Å². The largest absolute Gasteiger partial charge is 0.416 e. The molecule has 0 spiro atoms. The predicted octanol–water partition coefficient (Wildman–Crippen LogP) is 4.33. The Bertz CT molecular complexity index is 1310. The summed E-state index contributed by atoms with van der Waals surface area (Å²) < 4.78 is 103. The maximum atomic E-state index is 15.3. The normalized spacial score (nSPS) is 13.7. The molecule has 0 fully saturated rings. The van der Waals surface area contributed by atoms with Crippen molar-refractivity contribution in [1.29, 1.82) is 4.78 Å². The maximum Gasteiger partial charge on any atom is 0.416 e. The minimum absolute atomic E-state index is 0.113. The Balaban J connectivity index is 2.23. The van der Waals surface area contributed by atoms with Gasteiger partial charge in [-0.15, -0.1) is 0 Å². The standard InChI is InChI=1S/C20H17F6N5OS/c21-13-1-2-14(15(22)8-13)18-16(23)17(30-19(28)31-18)11-5-10(9-33(29,32)4-3-27)6-12(7-11)20(24,25)26/h1-2,5-8,29H,3-4,9,27H2,(H2,28,30,31). The summed E-state index contributed by atoms with van der Waals surface area (Å²) in [4.78, 5) is 7.28. The number of nitrogens with zero attached hydrogens (tertiary/aromatic N) is 2. The molecule has 13 heteroatoms. The molecule has 5 N–H and O–H groups in total. The van der Waals surface area contributed by atoms with E-state index in [-0.39, 0.29) is 17.9 Å². The third-order valence-corrected chi connectivity index (χ3v) is 6.19. The van der Waals surface area contributed by atoms with Crippen LogP contribution in [0.15, 0.2) is 36.4 Å². The van der Waals surface area contributed by atoms with Crippen molar-refractivity contribution in [2.24, 2.45) is 5.73 Å². The molecular weight excluding hydrogens is 472 g/mol. The number of nitrogens with two attached hydrogens (primary N) is 2. The fraction of sp³-hybridized carbons (Fsp3) is 0.200. The van der Waals surface area contributed by atoms with E-state index in [4.69, 9.17) is 16.2 Å². The summed E-state index contributed by atoms with van der Waals surface area (Å²) in [6.45, 7) is -0.113. The van der Waals surface area contributed by atoms with E-state index >= 15 is 4.39 Å². The summed E-state index contributed by atoms with van der Waals surface area (Å²) in [5.41, 5.74) is 7.28. The third kappa shape index (κ3) is 5.60. The van der Waals surface area contributed by atoms with Crippen LogP contribution in [0, 0.1) is 22.2 Å². The summed E-state index contributed by atoms with van der Waals surface area (Å²) >= 11 is 0. The van der Waals surface area contributed by atoms with Gasteiger partial charge in [-0.05, 0) is 35.9 Å². The molecule has 3 rings (SSSR count). The molecule has 0 amide bonds. The molecule has 0 aliphatic carbocycles. The highest BCUT2D eigenvalue weighted by molar-refractivity contribution is 7.91. The molecule has 0 saturated heterocycles. The molecule has 0 bridgehead atoms. The van der Waals surface area contributed by atoms with Gasteiger partial charge in [-0.1, -0.05) is 0 Å². The molecule has 1 unspecified atom stereocenters. The van der Waals surface area contributed by atoms with E-state index in [1.807, 2.05) is 0 Å². The molecule has 33 heavy (non-hydrogen) atoms. The quantitative estimate of drug-likeness (QED) is 0.446. The van der Waals surface area contributed by atoms with E-state index in [2.05, 4.69) is 9.97 Å². The number of nitrogen functional groups attached to an aromatic ring is 1. The van der Waals surface area contributed by atoms with Crippen molar-refractivity contribution >= 4 is 15.7 Å². The van der Waals surface area contributed by atoms with Gasteiger partial charge in [0.25, 0.3) is 0 Å². The first-order valence-electron chi connectivity index (χ1n) is 9.25. The van der Waals surface area contributed by atoms with Gasteiger partial charge in [-0.25, -0.2) is 27.3 Å². The Morgan fingerprint density at radius 2 is 1.67 bits per heavy atom. The average molecular weight is 489 g/mol. The van der Waals surface area contributed by atoms with Crippen LogP contribution < -0.4 is 11.5 Å². The molecule has 176 valence electrons. The van der Waals surface area contributed by atoms with E-state index in [1.54, 1.807) is 0 Å². The minimum atomic E-state index is -4.86. The van der Waals surface area contributed by atoms with Crippen molar-refractivity contribution in [2.75, 3.05) is 18.0 Å². The summed E-state index contributed by atoms with van der Waals surface area (Å²) in [7, 11) is -3.35. The maximum absolute atomic E-state index is 15.3. The zero-order valence-electron chi connectivity index (χ0n) is 16.7. The van der Waals surface area contributed by atoms with Gasteiger partial charge in [-0.2, -0.15) is 13.2 Å². The second kappa shape index (κ2) is 8.98. The predicted molar refractivity (Wildman–Crippen MR) is 111 cm³/mol. The van der Waals surface area contributed by atoms with E-state index in [0.29, 0.717) is 18.2 Å². The first kappa shape index (κ1) is 24.5. The van der Waals surface area contributed by atoms with Gasteiger partial charge in [0.15, 0.2) is 5.82 Å². The number of hydrogen-bond donors (Lipinski definition) is 3. The number of aromatic nitrogens is 2. The Hall–Kier alpha value is -3.19. The van der Waals surface area contributed by atoms with Gasteiger partial charge in [0.1, 0.15) is 23.0 Å². The van der Waals surface area contributed by atoms with Crippen LogP contribution in [0.1, 0.15) is 11.1 Å². The smallest absolute Gasteiger partial charge is 0.368 e. The van der Waals surface area contributed by atoms with Crippen LogP contribution >= 0.6 is 0 Å². The first-order chi connectivity index (χ1) is 15.3. The number of nitrogens with one attached hydrogen (secondary N) is 1. The molecule has 0 aliphatic heterocycles. The van der Waals surface area contributed by atoms with Crippen molar-refractivity contribution in [1.82, 2.24) is 9.97 Å². The van der Waals surface area contributed by atoms with Gasteiger partial charge < -0.3 is 11.5 Å². The number of halogens is 6. The lowest BCUT2D eigenvalue weighted by Crippen LogP contribution is -2.16. The molecule has 0 radical (unpaired) electrons. The monoisotopic (exact) mass is 489 g/mol. The van der Waals surface area contributed by atoms with E-state index in [9.17, 15) is 26.2 Å². The summed E-state index contributed by atoms with van der Waals surface area (Å²) in [6.07, 6.45) is -4.86. The molecule has 0 saturated carbocycles. The lowest BCUT2D eigenvalue weighted by Gasteiger charge is -2.15. The Morgan fingerprint density at radius 1 is 1.00 bits per heavy atom. The zero-order chi connectivity index (χ0) is 24.6. The average Bonchev–Trinajstić information content (AvgIpc) is 2.68. The number of benzene rings is 2. The van der Waals surface area contributed by atoms with E-state index in [1.165, 1.54) is 0 Å². The highest BCUT2D eigenvalue weighted by atomic mass is 32.2. The van der Waals surface area contributed by atoms with Crippen molar-refractivity contribution in [2.45, 2.75) is 11.9 Å². The van der Waals surface area contributed by atoms with Crippen LogP contribution in [0.2, 0.25) is 0 Å². The molecule has 3 aromatic rings. The van der Waals surface area contributed by atoms with Crippen molar-refractivity contribution in [3.05, 3.63) is 65.0 Å². The third-order valence-electron chi connectivity index (χ3n) is 4.50. The van der Waals surface area contributed by atoms with E-state index < -0.39 is 73.1 Å². The molecule has 6 nitrogen and oxygen atoms in total. The highest BCUT2D eigenvalue weighted by Crippen LogP contribution is 2.36. The second-order valence-electron chi connectivity index (χ2n) is 7.08. The topological polar surface area (TPSA) is 119 Å². The summed E-state index contributed by atoms with van der Waals surface area (Å²) in [6, 6.07) is 4.59. The van der Waals surface area contributed by atoms with Crippen LogP contribution in [0.4, 0.5) is 32.3 Å². The Labute approximate surface area is 184 Å². The molecular formula is C20H17F6N5OS. The van der Waals surface area contributed by atoms with Gasteiger partial charge in [-0.3, -0.25) is 4.78 Å². The van der Waals surface area contributed by atoms with Crippen LogP contribution in [0.5, 0.6) is 0 Å². The number of anilines is 1. The second-order valence-corrected chi connectivity index (χ2v) is 9.40. The molecule has 0 aliphatic rings. The fourth-order valence-corrected chi connectivity index (χ4v) is 4.35. The minimum Gasteiger partial charge on any atom is -0.368 e. The molecule has 2 aromatic carbocycles. The Morgan fingerprint density at radius 3 is 2.27 bits per heavy atom. The van der Waals surface area contributed by atoms with Crippen molar-refractivity contribution in [3.63, 3.8) is 0 Å². The fourth-order valence-electron chi connectivity index (χ4n) is 3.12. The lowest BCUT2D eigenvalue weighted by molar-refractivity contribution is -0.137. The van der Waals surface area contributed by atoms with E-state index in [0.717, 1.165) is 18.2 Å². The molecule has 1 atom stereocenters.